The van der Waals surface area contributed by atoms with Crippen LogP contribution in [0, 0.1) is 11.3 Å². The summed E-state index contributed by atoms with van der Waals surface area (Å²) in [5.41, 5.74) is -0.290. The molecule has 1 unspecified atom stereocenters. The molecule has 0 spiro atoms. The molecule has 0 amide bonds. The predicted molar refractivity (Wildman–Crippen MR) is 49.9 cm³/mol. The first-order valence-corrected chi connectivity index (χ1v) is 4.54. The van der Waals surface area contributed by atoms with Crippen molar-refractivity contribution in [2.75, 3.05) is 0 Å². The maximum atomic E-state index is 11.4. The standard InChI is InChI=1S/C10H20O2/c1-6-10(4,5)9(12)8(11)7(2)3/h7,9,12H,6H2,1-5H3. The molecule has 0 bridgehead atoms. The van der Waals surface area contributed by atoms with Gasteiger partial charge in [0.25, 0.3) is 0 Å². The molecule has 0 saturated carbocycles. The van der Waals surface area contributed by atoms with E-state index in [4.69, 9.17) is 0 Å². The Morgan fingerprint density at radius 3 is 2.08 bits per heavy atom. The van der Waals surface area contributed by atoms with Gasteiger partial charge in [0, 0.05) is 5.92 Å². The van der Waals surface area contributed by atoms with Gasteiger partial charge in [-0.15, -0.1) is 0 Å². The number of hydrogen-bond acceptors (Lipinski definition) is 2. The molecule has 0 rings (SSSR count). The molecule has 0 aliphatic heterocycles. The zero-order valence-corrected chi connectivity index (χ0v) is 8.72. The van der Waals surface area contributed by atoms with E-state index in [0.29, 0.717) is 0 Å². The Labute approximate surface area is 75.0 Å². The molecule has 0 aromatic rings. The monoisotopic (exact) mass is 172 g/mol. The van der Waals surface area contributed by atoms with E-state index in [-0.39, 0.29) is 17.1 Å². The summed E-state index contributed by atoms with van der Waals surface area (Å²) < 4.78 is 0. The van der Waals surface area contributed by atoms with Crippen molar-refractivity contribution < 1.29 is 9.90 Å². The first kappa shape index (κ1) is 11.6. The van der Waals surface area contributed by atoms with Crippen molar-refractivity contribution in [1.82, 2.24) is 0 Å². The van der Waals surface area contributed by atoms with Crippen LogP contribution in [0.5, 0.6) is 0 Å². The van der Waals surface area contributed by atoms with Crippen LogP contribution < -0.4 is 0 Å². The Balaban J connectivity index is 4.38. The lowest BCUT2D eigenvalue weighted by Crippen LogP contribution is -2.38. The van der Waals surface area contributed by atoms with Gasteiger partial charge in [-0.25, -0.2) is 0 Å². The highest BCUT2D eigenvalue weighted by Gasteiger charge is 2.32. The summed E-state index contributed by atoms with van der Waals surface area (Å²) in [4.78, 5) is 11.4. The van der Waals surface area contributed by atoms with Crippen molar-refractivity contribution in [3.05, 3.63) is 0 Å². The zero-order valence-electron chi connectivity index (χ0n) is 8.72. The number of carbonyl (C=O) groups is 1. The molecule has 72 valence electrons. The number of aliphatic hydroxyl groups is 1. The van der Waals surface area contributed by atoms with E-state index < -0.39 is 6.10 Å². The van der Waals surface area contributed by atoms with Gasteiger partial charge in [0.05, 0.1) is 0 Å². The molecular formula is C10H20O2. The fourth-order valence-electron chi connectivity index (χ4n) is 0.894. The molecule has 0 aromatic heterocycles. The Hall–Kier alpha value is -0.370. The van der Waals surface area contributed by atoms with Crippen LogP contribution in [0.1, 0.15) is 41.0 Å². The number of aliphatic hydroxyl groups excluding tert-OH is 1. The summed E-state index contributed by atoms with van der Waals surface area (Å²) in [5, 5.41) is 9.67. The average Bonchev–Trinajstić information content (AvgIpc) is 2.01. The molecule has 0 aromatic carbocycles. The second kappa shape index (κ2) is 4.04. The third-order valence-electron chi connectivity index (χ3n) is 2.49. The summed E-state index contributed by atoms with van der Waals surface area (Å²) in [6.07, 6.45) is -0.00500. The summed E-state index contributed by atoms with van der Waals surface area (Å²) >= 11 is 0. The van der Waals surface area contributed by atoms with Crippen molar-refractivity contribution in [3.8, 4) is 0 Å². The van der Waals surface area contributed by atoms with Gasteiger partial charge in [0.15, 0.2) is 5.78 Å². The molecule has 1 N–H and O–H groups in total. The van der Waals surface area contributed by atoms with Crippen LogP contribution in [0.4, 0.5) is 0 Å². The van der Waals surface area contributed by atoms with Crippen molar-refractivity contribution in [3.63, 3.8) is 0 Å². The molecule has 2 heteroatoms. The van der Waals surface area contributed by atoms with Gasteiger partial charge in [0.2, 0.25) is 0 Å². The first-order valence-electron chi connectivity index (χ1n) is 4.54. The lowest BCUT2D eigenvalue weighted by Gasteiger charge is -2.29. The van der Waals surface area contributed by atoms with Gasteiger partial charge in [-0.2, -0.15) is 0 Å². The normalized spacial score (nSPS) is 14.9. The number of hydrogen-bond donors (Lipinski definition) is 1. The van der Waals surface area contributed by atoms with Gasteiger partial charge in [-0.1, -0.05) is 34.6 Å². The highest BCUT2D eigenvalue weighted by atomic mass is 16.3. The minimum absolute atomic E-state index is 0.0538. The van der Waals surface area contributed by atoms with Crippen LogP contribution >= 0.6 is 0 Å². The SMILES string of the molecule is CCC(C)(C)C(O)C(=O)C(C)C. The van der Waals surface area contributed by atoms with E-state index in [0.717, 1.165) is 6.42 Å². The van der Waals surface area contributed by atoms with Crippen molar-refractivity contribution in [1.29, 1.82) is 0 Å². The topological polar surface area (TPSA) is 37.3 Å². The molecule has 0 aliphatic carbocycles. The smallest absolute Gasteiger partial charge is 0.164 e. The lowest BCUT2D eigenvalue weighted by atomic mass is 9.79. The number of ketones is 1. The van der Waals surface area contributed by atoms with Crippen LogP contribution in [0.3, 0.4) is 0 Å². The van der Waals surface area contributed by atoms with Gasteiger partial charge >= 0.3 is 0 Å². The van der Waals surface area contributed by atoms with Crippen LogP contribution in [0.2, 0.25) is 0 Å². The lowest BCUT2D eigenvalue weighted by molar-refractivity contribution is -0.136. The second-order valence-electron chi connectivity index (χ2n) is 4.30. The van der Waals surface area contributed by atoms with Crippen LogP contribution in [0.15, 0.2) is 0 Å². The van der Waals surface area contributed by atoms with Crippen LogP contribution in [0.25, 0.3) is 0 Å². The Bertz CT molecular complexity index is 159. The Morgan fingerprint density at radius 2 is 1.83 bits per heavy atom. The third-order valence-corrected chi connectivity index (χ3v) is 2.49. The molecule has 0 aliphatic rings. The predicted octanol–water partition coefficient (Wildman–Crippen LogP) is 2.01. The highest BCUT2D eigenvalue weighted by molar-refractivity contribution is 5.85. The fraction of sp³-hybridized carbons (Fsp3) is 0.900. The molecule has 12 heavy (non-hydrogen) atoms. The van der Waals surface area contributed by atoms with Crippen molar-refractivity contribution >= 4 is 5.78 Å². The third kappa shape index (κ3) is 2.59. The number of Topliss-reactive ketones (excluding diaryl/α,β-unsaturated/α-hetero) is 1. The number of rotatable bonds is 4. The minimum atomic E-state index is -0.817. The molecule has 0 radical (unpaired) electrons. The summed E-state index contributed by atoms with van der Waals surface area (Å²) in [6.45, 7) is 9.45. The maximum absolute atomic E-state index is 11.4. The molecular weight excluding hydrogens is 152 g/mol. The van der Waals surface area contributed by atoms with E-state index in [1.54, 1.807) is 0 Å². The van der Waals surface area contributed by atoms with Crippen LogP contribution in [-0.2, 0) is 4.79 Å². The Morgan fingerprint density at radius 1 is 1.42 bits per heavy atom. The van der Waals surface area contributed by atoms with Crippen molar-refractivity contribution in [2.24, 2.45) is 11.3 Å². The van der Waals surface area contributed by atoms with Gasteiger partial charge in [-0.3, -0.25) is 4.79 Å². The second-order valence-corrected chi connectivity index (χ2v) is 4.30. The van der Waals surface area contributed by atoms with Crippen LogP contribution in [-0.4, -0.2) is 17.0 Å². The zero-order chi connectivity index (χ0) is 9.94. The first-order chi connectivity index (χ1) is 5.33. The van der Waals surface area contributed by atoms with Gasteiger partial charge in [0.1, 0.15) is 6.10 Å². The molecule has 0 heterocycles. The number of carbonyl (C=O) groups excluding carboxylic acids is 1. The van der Waals surface area contributed by atoms with E-state index in [1.807, 2.05) is 34.6 Å². The fourth-order valence-corrected chi connectivity index (χ4v) is 0.894. The Kier molecular flexibility index (Phi) is 3.91. The maximum Gasteiger partial charge on any atom is 0.164 e. The average molecular weight is 172 g/mol. The minimum Gasteiger partial charge on any atom is -0.385 e. The van der Waals surface area contributed by atoms with E-state index in [9.17, 15) is 9.90 Å². The molecule has 2 nitrogen and oxygen atoms in total. The largest absolute Gasteiger partial charge is 0.385 e. The summed E-state index contributed by atoms with van der Waals surface area (Å²) in [5.74, 6) is -0.132. The van der Waals surface area contributed by atoms with E-state index >= 15 is 0 Å². The molecule has 0 saturated heterocycles. The van der Waals surface area contributed by atoms with Crippen molar-refractivity contribution in [2.45, 2.75) is 47.1 Å². The van der Waals surface area contributed by atoms with E-state index in [2.05, 4.69) is 0 Å². The quantitative estimate of drug-likeness (QED) is 0.704. The van der Waals surface area contributed by atoms with E-state index in [1.165, 1.54) is 0 Å². The molecule has 1 atom stereocenters. The summed E-state index contributed by atoms with van der Waals surface area (Å²) in [6, 6.07) is 0. The summed E-state index contributed by atoms with van der Waals surface area (Å²) in [7, 11) is 0. The van der Waals surface area contributed by atoms with Gasteiger partial charge in [-0.05, 0) is 11.8 Å². The highest BCUT2D eigenvalue weighted by Crippen LogP contribution is 2.26. The van der Waals surface area contributed by atoms with Gasteiger partial charge < -0.3 is 5.11 Å². The molecule has 0 fully saturated rings.